The number of likely N-dealkylation sites (N-methyl/N-ethyl adjacent to an activating group) is 1. The molecule has 0 aromatic carbocycles. The van der Waals surface area contributed by atoms with E-state index in [-0.39, 0.29) is 12.3 Å². The summed E-state index contributed by atoms with van der Waals surface area (Å²) in [5.41, 5.74) is 0. The van der Waals surface area contributed by atoms with Gasteiger partial charge in [0.05, 0.1) is 12.3 Å². The van der Waals surface area contributed by atoms with Gasteiger partial charge in [0.1, 0.15) is 0 Å². The van der Waals surface area contributed by atoms with E-state index in [1.807, 2.05) is 6.92 Å². The minimum Gasteiger partial charge on any atom is -0.357 e. The summed E-state index contributed by atoms with van der Waals surface area (Å²) in [4.78, 5) is 6.96. The Kier molecular flexibility index (Phi) is 7.25. The van der Waals surface area contributed by atoms with Crippen molar-refractivity contribution < 1.29 is 8.42 Å². The Hall–Kier alpha value is -0.860. The molecule has 1 aliphatic rings. The van der Waals surface area contributed by atoms with Crippen LogP contribution in [-0.2, 0) is 10.0 Å². The average molecular weight is 305 g/mol. The zero-order valence-electron chi connectivity index (χ0n) is 12.4. The number of nitrogens with two attached hydrogens (primary N) is 1. The van der Waals surface area contributed by atoms with Gasteiger partial charge in [0.15, 0.2) is 5.96 Å². The summed E-state index contributed by atoms with van der Waals surface area (Å²) in [6, 6.07) is 0.494. The van der Waals surface area contributed by atoms with E-state index in [1.54, 1.807) is 0 Å². The number of nitrogens with one attached hydrogen (secondary N) is 2. The smallest absolute Gasteiger partial charge is 0.210 e. The predicted molar refractivity (Wildman–Crippen MR) is 82.2 cm³/mol. The van der Waals surface area contributed by atoms with Crippen molar-refractivity contribution in [2.24, 2.45) is 10.1 Å². The number of likely N-dealkylation sites (tertiary alicyclic amines) is 1. The highest BCUT2D eigenvalue weighted by atomic mass is 32.2. The highest BCUT2D eigenvalue weighted by Gasteiger charge is 2.22. The molecule has 1 fully saturated rings. The Bertz CT molecular complexity index is 410. The molecule has 0 aromatic rings. The summed E-state index contributed by atoms with van der Waals surface area (Å²) in [6.45, 7) is 8.08. The summed E-state index contributed by atoms with van der Waals surface area (Å²) in [6.07, 6.45) is 2.40. The molecular weight excluding hydrogens is 278 g/mol. The first kappa shape index (κ1) is 17.2. The van der Waals surface area contributed by atoms with Crippen LogP contribution < -0.4 is 15.8 Å². The molecule has 4 N–H and O–H groups in total. The molecule has 1 atom stereocenters. The van der Waals surface area contributed by atoms with E-state index in [9.17, 15) is 8.42 Å². The molecule has 0 aromatic heterocycles. The van der Waals surface area contributed by atoms with Gasteiger partial charge in [-0.3, -0.25) is 9.89 Å². The van der Waals surface area contributed by atoms with E-state index in [4.69, 9.17) is 5.14 Å². The molecule has 0 amide bonds. The van der Waals surface area contributed by atoms with Crippen molar-refractivity contribution in [3.63, 3.8) is 0 Å². The number of rotatable bonds is 7. The summed E-state index contributed by atoms with van der Waals surface area (Å²) < 4.78 is 21.8. The van der Waals surface area contributed by atoms with E-state index in [1.165, 1.54) is 12.8 Å². The number of primary sulfonamides is 1. The number of sulfonamides is 1. The van der Waals surface area contributed by atoms with Crippen LogP contribution in [0.4, 0.5) is 0 Å². The zero-order chi connectivity index (χ0) is 15.0. The number of hydrogen-bond acceptors (Lipinski definition) is 4. The molecule has 118 valence electrons. The molecule has 8 heteroatoms. The van der Waals surface area contributed by atoms with Gasteiger partial charge < -0.3 is 10.6 Å². The fourth-order valence-corrected chi connectivity index (χ4v) is 2.75. The van der Waals surface area contributed by atoms with Gasteiger partial charge in [-0.25, -0.2) is 13.6 Å². The van der Waals surface area contributed by atoms with Crippen molar-refractivity contribution in [3.05, 3.63) is 0 Å². The van der Waals surface area contributed by atoms with Gasteiger partial charge in [0.2, 0.25) is 10.0 Å². The van der Waals surface area contributed by atoms with Crippen LogP contribution in [-0.4, -0.2) is 63.8 Å². The molecule has 1 unspecified atom stereocenters. The van der Waals surface area contributed by atoms with Crippen LogP contribution in [0.3, 0.4) is 0 Å². The predicted octanol–water partition coefficient (Wildman–Crippen LogP) is -0.686. The maximum absolute atomic E-state index is 10.9. The maximum atomic E-state index is 10.9. The highest BCUT2D eigenvalue weighted by molar-refractivity contribution is 7.89. The molecule has 1 rings (SSSR count). The van der Waals surface area contributed by atoms with Crippen molar-refractivity contribution in [2.45, 2.75) is 32.7 Å². The third kappa shape index (κ3) is 6.53. The minimum atomic E-state index is -3.43. The van der Waals surface area contributed by atoms with Crippen molar-refractivity contribution in [1.29, 1.82) is 0 Å². The largest absolute Gasteiger partial charge is 0.357 e. The third-order valence-electron chi connectivity index (χ3n) is 3.39. The molecular formula is C12H27N5O2S. The van der Waals surface area contributed by atoms with Crippen LogP contribution in [0.1, 0.15) is 26.7 Å². The molecule has 0 aliphatic carbocycles. The van der Waals surface area contributed by atoms with E-state index < -0.39 is 10.0 Å². The fourth-order valence-electron chi connectivity index (χ4n) is 2.37. The fraction of sp³-hybridized carbons (Fsp3) is 0.917. The van der Waals surface area contributed by atoms with Crippen LogP contribution in [0.2, 0.25) is 0 Å². The van der Waals surface area contributed by atoms with Crippen LogP contribution in [0.5, 0.6) is 0 Å². The third-order valence-corrected chi connectivity index (χ3v) is 4.16. The summed E-state index contributed by atoms with van der Waals surface area (Å²) in [5.74, 6) is 0.557. The second-order valence-corrected chi connectivity index (χ2v) is 6.67. The van der Waals surface area contributed by atoms with Crippen molar-refractivity contribution in [2.75, 3.05) is 38.5 Å². The number of aliphatic imine (C=N–C) groups is 1. The standard InChI is InChI=1S/C12H27N5O2S/c1-3-14-12(15-7-9-20(13,18)19)16-10-11-6-5-8-17(11)4-2/h11H,3-10H2,1-2H3,(H2,13,18,19)(H2,14,15,16). The van der Waals surface area contributed by atoms with Gasteiger partial charge in [0, 0.05) is 19.1 Å². The first-order valence-electron chi connectivity index (χ1n) is 7.23. The van der Waals surface area contributed by atoms with Crippen LogP contribution in [0, 0.1) is 0 Å². The van der Waals surface area contributed by atoms with Gasteiger partial charge in [-0.2, -0.15) is 0 Å². The van der Waals surface area contributed by atoms with E-state index in [2.05, 4.69) is 27.4 Å². The first-order valence-corrected chi connectivity index (χ1v) is 8.94. The summed E-state index contributed by atoms with van der Waals surface area (Å²) in [7, 11) is -3.43. The Morgan fingerprint density at radius 3 is 2.75 bits per heavy atom. The molecule has 0 saturated carbocycles. The number of guanidine groups is 1. The Balaban J connectivity index is 2.45. The molecule has 20 heavy (non-hydrogen) atoms. The Labute approximate surface area is 122 Å². The molecule has 0 bridgehead atoms. The Morgan fingerprint density at radius 1 is 1.40 bits per heavy atom. The zero-order valence-corrected chi connectivity index (χ0v) is 13.2. The molecule has 1 saturated heterocycles. The van der Waals surface area contributed by atoms with Gasteiger partial charge in [-0.05, 0) is 32.9 Å². The van der Waals surface area contributed by atoms with Crippen molar-refractivity contribution in [1.82, 2.24) is 15.5 Å². The summed E-state index contributed by atoms with van der Waals surface area (Å²) in [5, 5.41) is 11.1. The van der Waals surface area contributed by atoms with E-state index >= 15 is 0 Å². The Morgan fingerprint density at radius 2 is 2.15 bits per heavy atom. The SMILES string of the molecule is CCNC(=NCC1CCCN1CC)NCCS(N)(=O)=O. The number of hydrogen-bond donors (Lipinski definition) is 3. The quantitative estimate of drug-likeness (QED) is 0.427. The van der Waals surface area contributed by atoms with Crippen molar-refractivity contribution >= 4 is 16.0 Å². The van der Waals surface area contributed by atoms with Gasteiger partial charge >= 0.3 is 0 Å². The first-order chi connectivity index (χ1) is 9.46. The molecule has 7 nitrogen and oxygen atoms in total. The molecule has 1 aliphatic heterocycles. The lowest BCUT2D eigenvalue weighted by molar-refractivity contribution is 0.273. The van der Waals surface area contributed by atoms with Gasteiger partial charge in [-0.1, -0.05) is 6.92 Å². The molecule has 1 heterocycles. The monoisotopic (exact) mass is 305 g/mol. The summed E-state index contributed by atoms with van der Waals surface area (Å²) >= 11 is 0. The number of nitrogens with zero attached hydrogens (tertiary/aromatic N) is 2. The maximum Gasteiger partial charge on any atom is 0.210 e. The molecule has 0 radical (unpaired) electrons. The van der Waals surface area contributed by atoms with Gasteiger partial charge in [0.25, 0.3) is 0 Å². The highest BCUT2D eigenvalue weighted by Crippen LogP contribution is 2.16. The lowest BCUT2D eigenvalue weighted by Crippen LogP contribution is -2.41. The second kappa shape index (κ2) is 8.43. The van der Waals surface area contributed by atoms with E-state index in [0.29, 0.717) is 12.0 Å². The average Bonchev–Trinajstić information content (AvgIpc) is 2.81. The van der Waals surface area contributed by atoms with E-state index in [0.717, 1.165) is 26.2 Å². The van der Waals surface area contributed by atoms with Crippen molar-refractivity contribution in [3.8, 4) is 0 Å². The topological polar surface area (TPSA) is 99.8 Å². The van der Waals surface area contributed by atoms with Crippen LogP contribution in [0.25, 0.3) is 0 Å². The molecule has 0 spiro atoms. The van der Waals surface area contributed by atoms with Gasteiger partial charge in [-0.15, -0.1) is 0 Å². The lowest BCUT2D eigenvalue weighted by atomic mass is 10.2. The van der Waals surface area contributed by atoms with Crippen LogP contribution in [0.15, 0.2) is 4.99 Å². The van der Waals surface area contributed by atoms with Crippen LogP contribution >= 0.6 is 0 Å². The lowest BCUT2D eigenvalue weighted by Gasteiger charge is -2.21. The second-order valence-electron chi connectivity index (χ2n) is 4.94. The minimum absolute atomic E-state index is 0.0953. The normalized spacial score (nSPS) is 21.1.